The molecule has 23 heavy (non-hydrogen) atoms. The van der Waals surface area contributed by atoms with Crippen molar-refractivity contribution in [3.05, 3.63) is 23.3 Å². The van der Waals surface area contributed by atoms with Gasteiger partial charge < -0.3 is 5.73 Å². The zero-order chi connectivity index (χ0) is 16.8. The van der Waals surface area contributed by atoms with E-state index in [-0.39, 0.29) is 17.2 Å². The van der Waals surface area contributed by atoms with Crippen molar-refractivity contribution < 1.29 is 17.6 Å². The van der Waals surface area contributed by atoms with Crippen molar-refractivity contribution in [3.8, 4) is 0 Å². The molecule has 0 atom stereocenters. The number of nitrogens with two attached hydrogens (primary N) is 1. The number of H-pyrrole nitrogens is 1. The first-order chi connectivity index (χ1) is 10.8. The molecule has 0 spiro atoms. The molecule has 0 aliphatic heterocycles. The standard InChI is InChI=1S/C11H9F4N7S/c1-22-9(12)4(8(20-22)11(13,14)15)3-23-5-2-6(16)17-10-7(5)18-21-19-10/h2H,3H2,1H3,(H3,16,17,18,19,21). The molecule has 122 valence electrons. The number of nitrogen functional groups attached to an aromatic ring is 1. The molecule has 12 heteroatoms. The largest absolute Gasteiger partial charge is 0.435 e. The fourth-order valence-electron chi connectivity index (χ4n) is 1.99. The molecule has 0 radical (unpaired) electrons. The SMILES string of the molecule is Cn1nc(C(F)(F)F)c(CSc2cc(N)nc3n[nH]nc23)c1F. The molecule has 3 rings (SSSR count). The first kappa shape index (κ1) is 15.5. The number of anilines is 1. The minimum Gasteiger partial charge on any atom is -0.384 e. The van der Waals surface area contributed by atoms with Gasteiger partial charge in [-0.15, -0.1) is 16.9 Å². The highest BCUT2D eigenvalue weighted by Gasteiger charge is 2.39. The van der Waals surface area contributed by atoms with Crippen LogP contribution in [0, 0.1) is 5.95 Å². The fourth-order valence-corrected chi connectivity index (χ4v) is 3.02. The number of alkyl halides is 3. The summed E-state index contributed by atoms with van der Waals surface area (Å²) in [5.74, 6) is -1.19. The Balaban J connectivity index is 1.96. The van der Waals surface area contributed by atoms with E-state index in [1.165, 1.54) is 6.07 Å². The first-order valence-corrected chi connectivity index (χ1v) is 7.14. The Bertz CT molecular complexity index is 869. The van der Waals surface area contributed by atoms with Crippen LogP contribution in [-0.2, 0) is 19.0 Å². The number of aromatic nitrogens is 6. The Morgan fingerprint density at radius 2 is 2.09 bits per heavy atom. The third kappa shape index (κ3) is 2.81. The maximum atomic E-state index is 13.9. The number of nitrogens with one attached hydrogen (secondary N) is 1. The zero-order valence-corrected chi connectivity index (χ0v) is 12.3. The van der Waals surface area contributed by atoms with Gasteiger partial charge in [0.1, 0.15) is 11.3 Å². The van der Waals surface area contributed by atoms with E-state index in [2.05, 4.69) is 25.5 Å². The highest BCUT2D eigenvalue weighted by Crippen LogP contribution is 2.36. The molecule has 3 N–H and O–H groups in total. The van der Waals surface area contributed by atoms with E-state index in [4.69, 9.17) is 5.73 Å². The van der Waals surface area contributed by atoms with Crippen LogP contribution in [0.1, 0.15) is 11.3 Å². The zero-order valence-electron chi connectivity index (χ0n) is 11.5. The lowest BCUT2D eigenvalue weighted by Crippen LogP contribution is -2.09. The normalized spacial score (nSPS) is 12.2. The molecule has 0 bridgehead atoms. The number of nitrogens with zero attached hydrogens (tertiary/aromatic N) is 5. The van der Waals surface area contributed by atoms with E-state index in [9.17, 15) is 17.6 Å². The molecule has 0 aliphatic rings. The average molecular weight is 347 g/mol. The van der Waals surface area contributed by atoms with Gasteiger partial charge in [-0.1, -0.05) is 0 Å². The van der Waals surface area contributed by atoms with Crippen molar-refractivity contribution in [2.24, 2.45) is 7.05 Å². The van der Waals surface area contributed by atoms with Gasteiger partial charge in [0.15, 0.2) is 5.69 Å². The highest BCUT2D eigenvalue weighted by molar-refractivity contribution is 7.98. The van der Waals surface area contributed by atoms with Gasteiger partial charge in [0.25, 0.3) is 0 Å². The first-order valence-electron chi connectivity index (χ1n) is 6.15. The molecule has 3 heterocycles. The van der Waals surface area contributed by atoms with Gasteiger partial charge in [-0.3, -0.25) is 0 Å². The van der Waals surface area contributed by atoms with Crippen LogP contribution < -0.4 is 5.73 Å². The number of fused-ring (bicyclic) bond motifs is 1. The lowest BCUT2D eigenvalue weighted by molar-refractivity contribution is -0.141. The van der Waals surface area contributed by atoms with Crippen LogP contribution >= 0.6 is 11.8 Å². The molecule has 0 saturated heterocycles. The van der Waals surface area contributed by atoms with E-state index in [0.29, 0.717) is 15.1 Å². The predicted octanol–water partition coefficient (Wildman–Crippen LogP) is 2.12. The Morgan fingerprint density at radius 1 is 1.35 bits per heavy atom. The Kier molecular flexibility index (Phi) is 3.62. The number of hydrogen-bond donors (Lipinski definition) is 2. The number of pyridine rings is 1. The predicted molar refractivity (Wildman–Crippen MR) is 73.8 cm³/mol. The summed E-state index contributed by atoms with van der Waals surface area (Å²) in [5, 5.41) is 13.2. The number of rotatable bonds is 3. The molecule has 0 saturated carbocycles. The third-order valence-electron chi connectivity index (χ3n) is 2.99. The fraction of sp³-hybridized carbons (Fsp3) is 0.273. The topological polar surface area (TPSA) is 98.3 Å². The van der Waals surface area contributed by atoms with E-state index in [1.54, 1.807) is 0 Å². The summed E-state index contributed by atoms with van der Waals surface area (Å²) in [5.41, 5.74) is 4.41. The summed E-state index contributed by atoms with van der Waals surface area (Å²) in [4.78, 5) is 4.36. The minimum atomic E-state index is -4.74. The van der Waals surface area contributed by atoms with Crippen molar-refractivity contribution in [2.75, 3.05) is 5.73 Å². The number of hydrogen-bond acceptors (Lipinski definition) is 6. The summed E-state index contributed by atoms with van der Waals surface area (Å²) in [6.45, 7) is 0. The Hall–Kier alpha value is -2.37. The van der Waals surface area contributed by atoms with E-state index < -0.39 is 23.4 Å². The van der Waals surface area contributed by atoms with Gasteiger partial charge in [-0.2, -0.15) is 33.0 Å². The van der Waals surface area contributed by atoms with Crippen molar-refractivity contribution in [1.29, 1.82) is 0 Å². The van der Waals surface area contributed by atoms with Crippen LogP contribution in [0.4, 0.5) is 23.4 Å². The van der Waals surface area contributed by atoms with Gasteiger partial charge >= 0.3 is 6.18 Å². The molecule has 0 fully saturated rings. The molecule has 0 aromatic carbocycles. The van der Waals surface area contributed by atoms with Crippen molar-refractivity contribution in [2.45, 2.75) is 16.8 Å². The van der Waals surface area contributed by atoms with Crippen molar-refractivity contribution >= 4 is 28.7 Å². The molecule has 3 aromatic heterocycles. The summed E-state index contributed by atoms with van der Waals surface area (Å²) in [6.07, 6.45) is -4.74. The molecule has 3 aromatic rings. The second-order valence-corrected chi connectivity index (χ2v) is 5.59. The van der Waals surface area contributed by atoms with Crippen LogP contribution in [-0.4, -0.2) is 30.2 Å². The maximum absolute atomic E-state index is 13.9. The number of aromatic amines is 1. The summed E-state index contributed by atoms with van der Waals surface area (Å²) >= 11 is 0.944. The number of halogens is 4. The lowest BCUT2D eigenvalue weighted by atomic mass is 10.2. The van der Waals surface area contributed by atoms with Crippen LogP contribution in [0.2, 0.25) is 0 Å². The number of aryl methyl sites for hydroxylation is 1. The third-order valence-corrected chi connectivity index (χ3v) is 4.04. The molecular weight excluding hydrogens is 338 g/mol. The van der Waals surface area contributed by atoms with Crippen molar-refractivity contribution in [3.63, 3.8) is 0 Å². The average Bonchev–Trinajstić information content (AvgIpc) is 3.02. The van der Waals surface area contributed by atoms with Crippen LogP contribution in [0.15, 0.2) is 11.0 Å². The van der Waals surface area contributed by atoms with Gasteiger partial charge in [0.2, 0.25) is 11.6 Å². The number of thioether (sulfide) groups is 1. The Labute approximate surface area is 130 Å². The monoisotopic (exact) mass is 347 g/mol. The quantitative estimate of drug-likeness (QED) is 0.556. The summed E-state index contributed by atoms with van der Waals surface area (Å²) < 4.78 is 53.2. The van der Waals surface area contributed by atoms with Gasteiger partial charge in [-0.05, 0) is 6.07 Å². The molecule has 0 amide bonds. The van der Waals surface area contributed by atoms with Crippen molar-refractivity contribution in [1.82, 2.24) is 30.2 Å². The molecular formula is C11H9F4N7S. The van der Waals surface area contributed by atoms with Gasteiger partial charge in [0, 0.05) is 23.3 Å². The van der Waals surface area contributed by atoms with Crippen LogP contribution in [0.3, 0.4) is 0 Å². The Morgan fingerprint density at radius 3 is 2.78 bits per heavy atom. The minimum absolute atomic E-state index is 0.136. The van der Waals surface area contributed by atoms with E-state index in [0.717, 1.165) is 18.8 Å². The van der Waals surface area contributed by atoms with Gasteiger partial charge in [-0.25, -0.2) is 9.67 Å². The van der Waals surface area contributed by atoms with Gasteiger partial charge in [0.05, 0.1) is 0 Å². The summed E-state index contributed by atoms with van der Waals surface area (Å²) in [7, 11) is 1.11. The molecule has 0 aliphatic carbocycles. The molecule has 0 unspecified atom stereocenters. The van der Waals surface area contributed by atoms with Crippen LogP contribution in [0.25, 0.3) is 11.2 Å². The summed E-state index contributed by atoms with van der Waals surface area (Å²) in [6, 6.07) is 1.44. The lowest BCUT2D eigenvalue weighted by Gasteiger charge is -2.06. The van der Waals surface area contributed by atoms with E-state index in [1.807, 2.05) is 0 Å². The second-order valence-electron chi connectivity index (χ2n) is 4.57. The molecule has 7 nitrogen and oxygen atoms in total. The van der Waals surface area contributed by atoms with E-state index >= 15 is 0 Å². The smallest absolute Gasteiger partial charge is 0.384 e. The maximum Gasteiger partial charge on any atom is 0.435 e. The highest BCUT2D eigenvalue weighted by atomic mass is 32.2. The second kappa shape index (κ2) is 5.37. The van der Waals surface area contributed by atoms with Crippen LogP contribution in [0.5, 0.6) is 0 Å².